The van der Waals surface area contributed by atoms with Crippen LogP contribution in [0.1, 0.15) is 30.0 Å². The Morgan fingerprint density at radius 1 is 1.24 bits per heavy atom. The monoisotopic (exact) mass is 517 g/mol. The summed E-state index contributed by atoms with van der Waals surface area (Å²) in [5, 5.41) is 10.6. The molecule has 29 heavy (non-hydrogen) atoms. The van der Waals surface area contributed by atoms with Gasteiger partial charge in [0.05, 0.1) is 31.5 Å². The molecule has 1 aromatic heterocycles. The van der Waals surface area contributed by atoms with Crippen molar-refractivity contribution in [3.63, 3.8) is 0 Å². The molecule has 0 spiro atoms. The van der Waals surface area contributed by atoms with E-state index >= 15 is 0 Å². The van der Waals surface area contributed by atoms with Gasteiger partial charge in [-0.05, 0) is 24.1 Å². The summed E-state index contributed by atoms with van der Waals surface area (Å²) in [5.74, 6) is 1.21. The summed E-state index contributed by atoms with van der Waals surface area (Å²) in [5.41, 5.74) is 2.00. The van der Waals surface area contributed by atoms with Gasteiger partial charge in [-0.3, -0.25) is 9.89 Å². The number of guanidine groups is 1. The third-order valence-electron chi connectivity index (χ3n) is 4.83. The van der Waals surface area contributed by atoms with Crippen LogP contribution in [0, 0.1) is 5.82 Å². The number of morpholine rings is 1. The summed E-state index contributed by atoms with van der Waals surface area (Å²) in [4.78, 5) is 6.63. The minimum absolute atomic E-state index is 0. The van der Waals surface area contributed by atoms with Crippen molar-refractivity contribution in [1.82, 2.24) is 20.7 Å². The zero-order valence-electron chi connectivity index (χ0n) is 16.9. The first-order valence-electron chi connectivity index (χ1n) is 9.66. The lowest BCUT2D eigenvalue weighted by molar-refractivity contribution is 0.0170. The lowest BCUT2D eigenvalue weighted by Gasteiger charge is -2.35. The third kappa shape index (κ3) is 6.93. The van der Waals surface area contributed by atoms with Gasteiger partial charge in [-0.1, -0.05) is 24.2 Å². The quantitative estimate of drug-likeness (QED) is 0.335. The van der Waals surface area contributed by atoms with Gasteiger partial charge in [0, 0.05) is 32.7 Å². The van der Waals surface area contributed by atoms with Gasteiger partial charge in [-0.2, -0.15) is 0 Å². The number of nitrogens with zero attached hydrogens (tertiary/aromatic N) is 3. The summed E-state index contributed by atoms with van der Waals surface area (Å²) in [7, 11) is 1.73. The van der Waals surface area contributed by atoms with Crippen LogP contribution in [-0.4, -0.2) is 55.9 Å². The summed E-state index contributed by atoms with van der Waals surface area (Å²) in [6.07, 6.45) is 0.843. The average molecular weight is 517 g/mol. The van der Waals surface area contributed by atoms with Crippen molar-refractivity contribution < 1.29 is 13.7 Å². The predicted octanol–water partition coefficient (Wildman–Crippen LogP) is 2.73. The zero-order valence-corrected chi connectivity index (χ0v) is 19.2. The molecule has 0 aliphatic carbocycles. The Labute approximate surface area is 188 Å². The van der Waals surface area contributed by atoms with Crippen molar-refractivity contribution in [1.29, 1.82) is 0 Å². The second-order valence-electron chi connectivity index (χ2n) is 6.66. The number of aryl methyl sites for hydroxylation is 1. The zero-order chi connectivity index (χ0) is 19.8. The van der Waals surface area contributed by atoms with E-state index in [1.54, 1.807) is 7.05 Å². The van der Waals surface area contributed by atoms with Crippen LogP contribution in [0.25, 0.3) is 0 Å². The topological polar surface area (TPSA) is 74.9 Å². The van der Waals surface area contributed by atoms with Crippen LogP contribution in [0.5, 0.6) is 0 Å². The Morgan fingerprint density at radius 3 is 2.59 bits per heavy atom. The molecule has 2 heterocycles. The standard InChI is InChI=1S/C20H28FN5O2.HI/c1-3-17-12-18(28-25-17)13-23-20(22-2)24-14-19(26-8-10-27-11-9-26)15-4-6-16(21)7-5-15;/h4-7,12,19H,3,8-11,13-14H2,1-2H3,(H2,22,23,24);1H. The summed E-state index contributed by atoms with van der Waals surface area (Å²) in [6.45, 7) is 6.28. The minimum atomic E-state index is -0.228. The molecule has 1 aromatic carbocycles. The summed E-state index contributed by atoms with van der Waals surface area (Å²) in [6, 6.07) is 8.73. The maximum Gasteiger partial charge on any atom is 0.191 e. The van der Waals surface area contributed by atoms with E-state index in [1.807, 2.05) is 25.1 Å². The van der Waals surface area contributed by atoms with Crippen molar-refractivity contribution in [3.8, 4) is 0 Å². The highest BCUT2D eigenvalue weighted by atomic mass is 127. The van der Waals surface area contributed by atoms with Crippen LogP contribution in [0.4, 0.5) is 4.39 Å². The number of ether oxygens (including phenoxy) is 1. The Kier molecular flexibility index (Phi) is 9.82. The Balaban J connectivity index is 0.00000300. The normalized spacial score (nSPS) is 16.2. The van der Waals surface area contributed by atoms with E-state index in [0.29, 0.717) is 32.3 Å². The Bertz CT molecular complexity index is 762. The van der Waals surface area contributed by atoms with Crippen molar-refractivity contribution in [3.05, 3.63) is 53.2 Å². The lowest BCUT2D eigenvalue weighted by atomic mass is 10.0. The van der Waals surface area contributed by atoms with Gasteiger partial charge in [0.1, 0.15) is 5.82 Å². The molecule has 0 bridgehead atoms. The first-order chi connectivity index (χ1) is 13.7. The SMILES string of the molecule is CCc1cc(CNC(=NC)NCC(c2ccc(F)cc2)N2CCOCC2)on1.I. The molecule has 160 valence electrons. The lowest BCUT2D eigenvalue weighted by Crippen LogP contribution is -2.46. The molecule has 0 radical (unpaired) electrons. The van der Waals surface area contributed by atoms with Gasteiger partial charge in [-0.25, -0.2) is 4.39 Å². The van der Waals surface area contributed by atoms with Crippen LogP contribution in [0.3, 0.4) is 0 Å². The number of hydrogen-bond acceptors (Lipinski definition) is 5. The highest BCUT2D eigenvalue weighted by Crippen LogP contribution is 2.21. The number of benzene rings is 1. The summed E-state index contributed by atoms with van der Waals surface area (Å²) < 4.78 is 24.1. The predicted molar refractivity (Wildman–Crippen MR) is 121 cm³/mol. The fraction of sp³-hybridized carbons (Fsp3) is 0.500. The fourth-order valence-electron chi connectivity index (χ4n) is 3.22. The van der Waals surface area contributed by atoms with Crippen molar-refractivity contribution in [2.75, 3.05) is 39.9 Å². The second-order valence-corrected chi connectivity index (χ2v) is 6.66. The van der Waals surface area contributed by atoms with E-state index in [-0.39, 0.29) is 35.8 Å². The third-order valence-corrected chi connectivity index (χ3v) is 4.83. The molecule has 3 rings (SSSR count). The van der Waals surface area contributed by atoms with Crippen LogP contribution in [0.15, 0.2) is 39.8 Å². The second kappa shape index (κ2) is 12.1. The molecule has 1 aliphatic rings. The van der Waals surface area contributed by atoms with Gasteiger partial charge < -0.3 is 19.9 Å². The fourth-order valence-corrected chi connectivity index (χ4v) is 3.22. The van der Waals surface area contributed by atoms with Crippen molar-refractivity contribution >= 4 is 29.9 Å². The van der Waals surface area contributed by atoms with Crippen molar-refractivity contribution in [2.24, 2.45) is 4.99 Å². The first-order valence-corrected chi connectivity index (χ1v) is 9.66. The number of rotatable bonds is 7. The van der Waals surface area contributed by atoms with Gasteiger partial charge in [0.15, 0.2) is 11.7 Å². The molecule has 0 amide bonds. The molecule has 1 fully saturated rings. The molecule has 1 atom stereocenters. The van der Waals surface area contributed by atoms with Gasteiger partial charge in [0.2, 0.25) is 0 Å². The van der Waals surface area contributed by atoms with Gasteiger partial charge in [0.25, 0.3) is 0 Å². The number of aliphatic imine (C=N–C) groups is 1. The molecule has 1 saturated heterocycles. The summed E-state index contributed by atoms with van der Waals surface area (Å²) >= 11 is 0. The van der Waals surface area contributed by atoms with E-state index in [0.717, 1.165) is 36.5 Å². The first kappa shape index (κ1) is 23.6. The van der Waals surface area contributed by atoms with E-state index in [2.05, 4.69) is 25.7 Å². The number of halogens is 2. The highest BCUT2D eigenvalue weighted by Gasteiger charge is 2.23. The molecule has 9 heteroatoms. The van der Waals surface area contributed by atoms with Crippen LogP contribution < -0.4 is 10.6 Å². The largest absolute Gasteiger partial charge is 0.379 e. The molecular formula is C20H29FIN5O2. The molecule has 7 nitrogen and oxygen atoms in total. The molecule has 0 saturated carbocycles. The number of nitrogens with one attached hydrogen (secondary N) is 2. The highest BCUT2D eigenvalue weighted by molar-refractivity contribution is 14.0. The maximum atomic E-state index is 13.4. The smallest absolute Gasteiger partial charge is 0.191 e. The number of aromatic nitrogens is 1. The molecule has 1 aliphatic heterocycles. The van der Waals surface area contributed by atoms with Gasteiger partial charge >= 0.3 is 0 Å². The minimum Gasteiger partial charge on any atom is -0.379 e. The maximum absolute atomic E-state index is 13.4. The van der Waals surface area contributed by atoms with E-state index in [4.69, 9.17) is 9.26 Å². The van der Waals surface area contributed by atoms with Crippen LogP contribution in [-0.2, 0) is 17.7 Å². The Morgan fingerprint density at radius 2 is 1.97 bits per heavy atom. The van der Waals surface area contributed by atoms with E-state index in [1.165, 1.54) is 12.1 Å². The van der Waals surface area contributed by atoms with E-state index < -0.39 is 0 Å². The molecule has 2 N–H and O–H groups in total. The Hall–Kier alpha value is -1.72. The molecule has 2 aromatic rings. The van der Waals surface area contributed by atoms with Crippen LogP contribution >= 0.6 is 24.0 Å². The number of hydrogen-bond donors (Lipinski definition) is 2. The van der Waals surface area contributed by atoms with Crippen molar-refractivity contribution in [2.45, 2.75) is 25.9 Å². The average Bonchev–Trinajstić information content (AvgIpc) is 3.20. The molecule has 1 unspecified atom stereocenters. The molecular weight excluding hydrogens is 488 g/mol. The van der Waals surface area contributed by atoms with E-state index in [9.17, 15) is 4.39 Å². The van der Waals surface area contributed by atoms with Gasteiger partial charge in [-0.15, -0.1) is 24.0 Å². The van der Waals surface area contributed by atoms with Crippen LogP contribution in [0.2, 0.25) is 0 Å².